The van der Waals surface area contributed by atoms with Gasteiger partial charge >= 0.3 is 0 Å². The van der Waals surface area contributed by atoms with E-state index < -0.39 is 0 Å². The van der Waals surface area contributed by atoms with Crippen molar-refractivity contribution in [1.29, 1.82) is 0 Å². The van der Waals surface area contributed by atoms with Gasteiger partial charge in [0.25, 0.3) is 0 Å². The van der Waals surface area contributed by atoms with Crippen LogP contribution in [0.3, 0.4) is 0 Å². The summed E-state index contributed by atoms with van der Waals surface area (Å²) in [6.45, 7) is 0.407. The smallest absolute Gasteiger partial charge is 0.175 e. The molecule has 0 radical (unpaired) electrons. The van der Waals surface area contributed by atoms with Crippen molar-refractivity contribution in [2.75, 3.05) is 24.9 Å². The molecule has 1 heterocycles. The lowest BCUT2D eigenvalue weighted by Gasteiger charge is -2.13. The van der Waals surface area contributed by atoms with Crippen LogP contribution < -0.4 is 20.1 Å². The molecule has 0 amide bonds. The van der Waals surface area contributed by atoms with E-state index in [0.29, 0.717) is 39.6 Å². The molecule has 6 nitrogen and oxygen atoms in total. The standard InChI is InChI=1S/C19H18ClFN4O2S/c1-26-15-5-6-18(27-2)17(8-15)24-19(28)23-14-9-22-25(11-14)10-12-3-4-13(21)7-16(12)20/h3-9,11H,10H2,1-2H3,(H2,23,24,28). The van der Waals surface area contributed by atoms with Crippen LogP contribution in [0, 0.1) is 5.82 Å². The molecule has 0 aliphatic rings. The number of halogens is 2. The van der Waals surface area contributed by atoms with Gasteiger partial charge in [-0.25, -0.2) is 4.39 Å². The van der Waals surface area contributed by atoms with Crippen LogP contribution in [0.15, 0.2) is 48.8 Å². The number of nitrogens with one attached hydrogen (secondary N) is 2. The number of hydrogen-bond acceptors (Lipinski definition) is 4. The summed E-state index contributed by atoms with van der Waals surface area (Å²) in [4.78, 5) is 0. The summed E-state index contributed by atoms with van der Waals surface area (Å²) >= 11 is 11.4. The fraction of sp³-hybridized carbons (Fsp3) is 0.158. The second-order valence-electron chi connectivity index (χ2n) is 5.81. The van der Waals surface area contributed by atoms with Crippen LogP contribution in [0.2, 0.25) is 5.02 Å². The quantitative estimate of drug-likeness (QED) is 0.570. The molecule has 0 unspecified atom stereocenters. The van der Waals surface area contributed by atoms with Gasteiger partial charge < -0.3 is 20.1 Å². The Balaban J connectivity index is 1.66. The van der Waals surface area contributed by atoms with E-state index in [0.717, 1.165) is 5.56 Å². The van der Waals surface area contributed by atoms with Gasteiger partial charge in [0.2, 0.25) is 0 Å². The number of methoxy groups -OCH3 is 2. The van der Waals surface area contributed by atoms with Crippen LogP contribution in [0.1, 0.15) is 5.56 Å². The second kappa shape index (κ2) is 8.90. The van der Waals surface area contributed by atoms with Gasteiger partial charge in [0, 0.05) is 17.3 Å². The zero-order chi connectivity index (χ0) is 20.1. The maximum atomic E-state index is 13.2. The first-order valence-corrected chi connectivity index (χ1v) is 9.03. The summed E-state index contributed by atoms with van der Waals surface area (Å²) in [6, 6.07) is 9.64. The predicted molar refractivity (Wildman–Crippen MR) is 112 cm³/mol. The Morgan fingerprint density at radius 1 is 1.18 bits per heavy atom. The van der Waals surface area contributed by atoms with Crippen LogP contribution in [0.4, 0.5) is 15.8 Å². The molecule has 2 N–H and O–H groups in total. The highest BCUT2D eigenvalue weighted by Gasteiger charge is 2.09. The second-order valence-corrected chi connectivity index (χ2v) is 6.62. The number of rotatable bonds is 6. The molecular weight excluding hydrogens is 403 g/mol. The van der Waals surface area contributed by atoms with E-state index in [1.54, 1.807) is 55.6 Å². The van der Waals surface area contributed by atoms with E-state index in [2.05, 4.69) is 15.7 Å². The van der Waals surface area contributed by atoms with Crippen LogP contribution in [-0.2, 0) is 6.54 Å². The molecule has 3 rings (SSSR count). The van der Waals surface area contributed by atoms with E-state index >= 15 is 0 Å². The zero-order valence-corrected chi connectivity index (χ0v) is 16.8. The lowest BCUT2D eigenvalue weighted by atomic mass is 10.2. The zero-order valence-electron chi connectivity index (χ0n) is 15.2. The molecule has 3 aromatic rings. The van der Waals surface area contributed by atoms with Gasteiger partial charge in [0.15, 0.2) is 5.11 Å². The maximum absolute atomic E-state index is 13.2. The number of nitrogens with zero attached hydrogens (tertiary/aromatic N) is 2. The van der Waals surface area contributed by atoms with Crippen molar-refractivity contribution in [2.24, 2.45) is 0 Å². The van der Waals surface area contributed by atoms with Crippen molar-refractivity contribution >= 4 is 40.3 Å². The summed E-state index contributed by atoms with van der Waals surface area (Å²) in [5.74, 6) is 0.933. The normalized spacial score (nSPS) is 10.4. The summed E-state index contributed by atoms with van der Waals surface area (Å²) in [6.07, 6.45) is 3.41. The van der Waals surface area contributed by atoms with Crippen LogP contribution in [0.5, 0.6) is 11.5 Å². The number of hydrogen-bond donors (Lipinski definition) is 2. The van der Waals surface area contributed by atoms with E-state index in [9.17, 15) is 4.39 Å². The van der Waals surface area contributed by atoms with Crippen LogP contribution in [0.25, 0.3) is 0 Å². The third-order valence-corrected chi connectivity index (χ3v) is 4.45. The third kappa shape index (κ3) is 4.90. The van der Waals surface area contributed by atoms with Crippen molar-refractivity contribution in [3.05, 3.63) is 65.2 Å². The highest BCUT2D eigenvalue weighted by atomic mass is 35.5. The molecule has 1 aromatic heterocycles. The molecule has 0 atom stereocenters. The first-order valence-electron chi connectivity index (χ1n) is 8.25. The molecule has 0 saturated heterocycles. The van der Waals surface area contributed by atoms with E-state index in [-0.39, 0.29) is 5.82 Å². The highest BCUT2D eigenvalue weighted by Crippen LogP contribution is 2.29. The SMILES string of the molecule is COc1ccc(OC)c(NC(=S)Nc2cnn(Cc3ccc(F)cc3Cl)c2)c1. The number of anilines is 2. The number of aromatic nitrogens is 2. The minimum atomic E-state index is -0.374. The van der Waals surface area contributed by atoms with Gasteiger partial charge in [-0.2, -0.15) is 5.10 Å². The number of ether oxygens (including phenoxy) is 2. The molecule has 0 spiro atoms. The Bertz CT molecular complexity index is 996. The van der Waals surface area contributed by atoms with Crippen molar-refractivity contribution in [2.45, 2.75) is 6.54 Å². The minimum Gasteiger partial charge on any atom is -0.497 e. The lowest BCUT2D eigenvalue weighted by Crippen LogP contribution is -2.19. The largest absolute Gasteiger partial charge is 0.497 e. The molecule has 0 saturated carbocycles. The molecule has 0 aliphatic heterocycles. The number of thiocarbonyl (C=S) groups is 1. The van der Waals surface area contributed by atoms with Crippen LogP contribution in [-0.4, -0.2) is 29.1 Å². The Hall–Kier alpha value is -2.84. The van der Waals surface area contributed by atoms with Crippen molar-refractivity contribution in [3.63, 3.8) is 0 Å². The van der Waals surface area contributed by atoms with Crippen LogP contribution >= 0.6 is 23.8 Å². The van der Waals surface area contributed by atoms with Gasteiger partial charge in [-0.15, -0.1) is 0 Å². The molecule has 9 heteroatoms. The van der Waals surface area contributed by atoms with Gasteiger partial charge in [-0.05, 0) is 42.0 Å². The Labute approximate surface area is 172 Å². The van der Waals surface area contributed by atoms with E-state index in [1.165, 1.54) is 12.1 Å². The first-order chi connectivity index (χ1) is 13.5. The lowest BCUT2D eigenvalue weighted by molar-refractivity contribution is 0.405. The van der Waals surface area contributed by atoms with E-state index in [1.807, 2.05) is 0 Å². The molecule has 0 bridgehead atoms. The van der Waals surface area contributed by atoms with E-state index in [4.69, 9.17) is 33.3 Å². The van der Waals surface area contributed by atoms with Crippen molar-refractivity contribution < 1.29 is 13.9 Å². The molecule has 2 aromatic carbocycles. The molecule has 0 aliphatic carbocycles. The van der Waals surface area contributed by atoms with Crippen molar-refractivity contribution in [3.8, 4) is 11.5 Å². The van der Waals surface area contributed by atoms with Gasteiger partial charge in [-0.1, -0.05) is 17.7 Å². The first kappa shape index (κ1) is 19.9. The Kier molecular flexibility index (Phi) is 6.33. The van der Waals surface area contributed by atoms with Gasteiger partial charge in [0.1, 0.15) is 17.3 Å². The van der Waals surface area contributed by atoms with Gasteiger partial charge in [0.05, 0.1) is 38.3 Å². The average Bonchev–Trinajstić information content (AvgIpc) is 3.10. The molecule has 0 fully saturated rings. The molecule has 146 valence electrons. The molecule has 28 heavy (non-hydrogen) atoms. The Morgan fingerprint density at radius 2 is 2.00 bits per heavy atom. The monoisotopic (exact) mass is 420 g/mol. The average molecular weight is 421 g/mol. The predicted octanol–water partition coefficient (Wildman–Crippen LogP) is 4.55. The maximum Gasteiger partial charge on any atom is 0.175 e. The topological polar surface area (TPSA) is 60.3 Å². The number of benzene rings is 2. The summed E-state index contributed by atoms with van der Waals surface area (Å²) in [5, 5.41) is 11.1. The molecular formula is C19H18ClFN4O2S. The Morgan fingerprint density at radius 3 is 2.71 bits per heavy atom. The summed E-state index contributed by atoms with van der Waals surface area (Å²) in [5.41, 5.74) is 2.13. The third-order valence-electron chi connectivity index (χ3n) is 3.89. The van der Waals surface area contributed by atoms with Gasteiger partial charge in [-0.3, -0.25) is 4.68 Å². The fourth-order valence-corrected chi connectivity index (χ4v) is 2.99. The van der Waals surface area contributed by atoms with Crippen molar-refractivity contribution in [1.82, 2.24) is 9.78 Å². The summed E-state index contributed by atoms with van der Waals surface area (Å²) in [7, 11) is 3.16. The summed E-state index contributed by atoms with van der Waals surface area (Å²) < 4.78 is 25.4. The minimum absolute atomic E-state index is 0.354. The highest BCUT2D eigenvalue weighted by molar-refractivity contribution is 7.80. The fourth-order valence-electron chi connectivity index (χ4n) is 2.54.